The van der Waals surface area contributed by atoms with Crippen molar-refractivity contribution in [2.45, 2.75) is 0 Å². The summed E-state index contributed by atoms with van der Waals surface area (Å²) in [6, 6.07) is 4.84. The number of aromatic nitrogens is 2. The van der Waals surface area contributed by atoms with E-state index in [0.717, 1.165) is 0 Å². The predicted octanol–water partition coefficient (Wildman–Crippen LogP) is -0.0385. The Labute approximate surface area is 101 Å². The number of hydrazine groups is 1. The molecule has 0 spiro atoms. The Hall–Kier alpha value is -2.22. The van der Waals surface area contributed by atoms with Gasteiger partial charge in [-0.1, -0.05) is 0 Å². The van der Waals surface area contributed by atoms with Gasteiger partial charge < -0.3 is 5.32 Å². The Balaban J connectivity index is 2.10. The Morgan fingerprint density at radius 3 is 2.82 bits per heavy atom. The van der Waals surface area contributed by atoms with Crippen LogP contribution < -0.4 is 16.2 Å². The summed E-state index contributed by atoms with van der Waals surface area (Å²) < 4.78 is 4.54. The molecule has 7 nitrogen and oxygen atoms in total. The highest BCUT2D eigenvalue weighted by Crippen LogP contribution is 2.11. The van der Waals surface area contributed by atoms with Gasteiger partial charge in [0.2, 0.25) is 0 Å². The van der Waals surface area contributed by atoms with Crippen LogP contribution in [0.25, 0.3) is 11.0 Å². The standard InChI is InChI=1S/C9H9N5O2S/c1-10-9(17)12-11-8(15)5-2-3-6-7(4-5)14-16-13-6/h2-4H,1H3,(H,11,15)(H2,10,12,17). The molecule has 3 N–H and O–H groups in total. The van der Waals surface area contributed by atoms with Gasteiger partial charge in [0.15, 0.2) is 5.11 Å². The van der Waals surface area contributed by atoms with Crippen LogP contribution in [0, 0.1) is 0 Å². The number of nitrogens with one attached hydrogen (secondary N) is 3. The van der Waals surface area contributed by atoms with Gasteiger partial charge in [0.05, 0.1) is 0 Å². The molecule has 1 aromatic heterocycles. The maximum atomic E-state index is 11.7. The van der Waals surface area contributed by atoms with Crippen molar-refractivity contribution < 1.29 is 9.42 Å². The molecule has 0 aliphatic carbocycles. The highest BCUT2D eigenvalue weighted by Gasteiger charge is 2.08. The fourth-order valence-corrected chi connectivity index (χ4v) is 1.22. The van der Waals surface area contributed by atoms with E-state index in [-0.39, 0.29) is 5.91 Å². The van der Waals surface area contributed by atoms with Gasteiger partial charge >= 0.3 is 0 Å². The lowest BCUT2D eigenvalue weighted by Gasteiger charge is -2.08. The first-order valence-corrected chi connectivity index (χ1v) is 5.12. The number of nitrogens with zero attached hydrogens (tertiary/aromatic N) is 2. The average molecular weight is 251 g/mol. The van der Waals surface area contributed by atoms with Gasteiger partial charge in [-0.25, -0.2) is 4.63 Å². The third kappa shape index (κ3) is 2.48. The number of rotatable bonds is 1. The summed E-state index contributed by atoms with van der Waals surface area (Å²) in [6.45, 7) is 0. The minimum absolute atomic E-state index is 0.322. The van der Waals surface area contributed by atoms with Crippen LogP contribution in [0.4, 0.5) is 0 Å². The Morgan fingerprint density at radius 2 is 2.06 bits per heavy atom. The second kappa shape index (κ2) is 4.74. The maximum Gasteiger partial charge on any atom is 0.269 e. The molecule has 8 heteroatoms. The summed E-state index contributed by atoms with van der Waals surface area (Å²) in [5.74, 6) is -0.326. The van der Waals surface area contributed by atoms with E-state index in [4.69, 9.17) is 12.2 Å². The highest BCUT2D eigenvalue weighted by atomic mass is 32.1. The third-order valence-electron chi connectivity index (χ3n) is 2.03. The van der Waals surface area contributed by atoms with Gasteiger partial charge in [-0.3, -0.25) is 15.6 Å². The summed E-state index contributed by atoms with van der Waals surface area (Å²) in [7, 11) is 1.65. The monoisotopic (exact) mass is 251 g/mol. The normalized spacial score (nSPS) is 9.94. The van der Waals surface area contributed by atoms with Gasteiger partial charge in [0.25, 0.3) is 5.91 Å². The number of carbonyl (C=O) groups is 1. The smallest absolute Gasteiger partial charge is 0.269 e. The summed E-state index contributed by atoms with van der Waals surface area (Å²) in [5, 5.41) is 10.3. The molecule has 0 saturated heterocycles. The fraction of sp³-hybridized carbons (Fsp3) is 0.111. The number of hydrogen-bond acceptors (Lipinski definition) is 5. The first-order valence-electron chi connectivity index (χ1n) is 4.71. The molecule has 0 radical (unpaired) electrons. The molecule has 0 fully saturated rings. The van der Waals surface area contributed by atoms with Gasteiger partial charge in [-0.15, -0.1) is 0 Å². The first kappa shape index (κ1) is 11.3. The summed E-state index contributed by atoms with van der Waals surface area (Å²) >= 11 is 4.81. The molecular formula is C9H9N5O2S. The SMILES string of the molecule is CNC(=S)NNC(=O)c1ccc2nonc2c1. The van der Waals surface area contributed by atoms with Crippen molar-refractivity contribution in [3.63, 3.8) is 0 Å². The van der Waals surface area contributed by atoms with Crippen molar-refractivity contribution in [1.29, 1.82) is 0 Å². The molecule has 0 bridgehead atoms. The second-order valence-corrected chi connectivity index (χ2v) is 3.53. The zero-order valence-electron chi connectivity index (χ0n) is 8.85. The van der Waals surface area contributed by atoms with Crippen molar-refractivity contribution in [2.75, 3.05) is 7.05 Å². The van der Waals surface area contributed by atoms with Gasteiger partial charge in [0.1, 0.15) is 11.0 Å². The van der Waals surface area contributed by atoms with Crippen molar-refractivity contribution in [1.82, 2.24) is 26.5 Å². The van der Waals surface area contributed by atoms with Gasteiger partial charge in [0, 0.05) is 12.6 Å². The number of hydrogen-bond donors (Lipinski definition) is 3. The maximum absolute atomic E-state index is 11.7. The van der Waals surface area contributed by atoms with Crippen LogP contribution in [0.15, 0.2) is 22.8 Å². The van der Waals surface area contributed by atoms with Crippen LogP contribution in [0.3, 0.4) is 0 Å². The molecule has 17 heavy (non-hydrogen) atoms. The molecule has 1 aromatic carbocycles. The summed E-state index contributed by atoms with van der Waals surface area (Å²) in [4.78, 5) is 11.7. The fourth-order valence-electron chi connectivity index (χ4n) is 1.17. The Bertz CT molecular complexity index is 567. The average Bonchev–Trinajstić information content (AvgIpc) is 2.82. The Morgan fingerprint density at radius 1 is 1.29 bits per heavy atom. The number of amides is 1. The zero-order chi connectivity index (χ0) is 12.3. The molecule has 0 aliphatic heterocycles. The third-order valence-corrected chi connectivity index (χ3v) is 2.34. The van der Waals surface area contributed by atoms with Gasteiger partial charge in [-0.2, -0.15) is 0 Å². The van der Waals surface area contributed by atoms with Gasteiger partial charge in [-0.05, 0) is 40.7 Å². The van der Waals surface area contributed by atoms with E-state index in [1.807, 2.05) is 0 Å². The molecule has 1 amide bonds. The van der Waals surface area contributed by atoms with Crippen LogP contribution in [-0.4, -0.2) is 28.4 Å². The van der Waals surface area contributed by atoms with E-state index < -0.39 is 0 Å². The predicted molar refractivity (Wildman–Crippen MR) is 64.1 cm³/mol. The molecule has 0 unspecified atom stereocenters. The van der Waals surface area contributed by atoms with Crippen LogP contribution in [0.1, 0.15) is 10.4 Å². The number of thiocarbonyl (C=S) groups is 1. The van der Waals surface area contributed by atoms with Crippen LogP contribution in [0.2, 0.25) is 0 Å². The minimum atomic E-state index is -0.326. The van der Waals surface area contributed by atoms with E-state index in [1.54, 1.807) is 25.2 Å². The molecule has 0 aliphatic rings. The largest absolute Gasteiger partial charge is 0.364 e. The second-order valence-electron chi connectivity index (χ2n) is 3.13. The lowest BCUT2D eigenvalue weighted by Crippen LogP contribution is -2.45. The van der Waals surface area contributed by atoms with E-state index in [1.165, 1.54) is 0 Å². The van der Waals surface area contributed by atoms with E-state index >= 15 is 0 Å². The van der Waals surface area contributed by atoms with Crippen molar-refractivity contribution in [2.24, 2.45) is 0 Å². The first-order chi connectivity index (χ1) is 8.20. The summed E-state index contributed by atoms with van der Waals surface area (Å²) in [5.41, 5.74) is 6.52. The van der Waals surface area contributed by atoms with E-state index in [9.17, 15) is 4.79 Å². The number of carbonyl (C=O) groups excluding carboxylic acids is 1. The lowest BCUT2D eigenvalue weighted by atomic mass is 10.2. The van der Waals surface area contributed by atoms with Crippen molar-refractivity contribution >= 4 is 34.3 Å². The molecule has 2 aromatic rings. The number of benzene rings is 1. The quantitative estimate of drug-likeness (QED) is 0.484. The Kier molecular flexibility index (Phi) is 3.15. The molecule has 0 saturated carbocycles. The van der Waals surface area contributed by atoms with Crippen LogP contribution in [0.5, 0.6) is 0 Å². The van der Waals surface area contributed by atoms with Crippen molar-refractivity contribution in [3.8, 4) is 0 Å². The number of fused-ring (bicyclic) bond motifs is 1. The minimum Gasteiger partial charge on any atom is -0.364 e. The molecule has 0 atom stereocenters. The lowest BCUT2D eigenvalue weighted by molar-refractivity contribution is 0.0944. The van der Waals surface area contributed by atoms with E-state index in [0.29, 0.717) is 21.7 Å². The van der Waals surface area contributed by atoms with Crippen LogP contribution >= 0.6 is 12.2 Å². The molecule has 88 valence electrons. The molecular weight excluding hydrogens is 242 g/mol. The summed E-state index contributed by atoms with van der Waals surface area (Å²) in [6.07, 6.45) is 0. The zero-order valence-corrected chi connectivity index (χ0v) is 9.67. The molecule has 2 rings (SSSR count). The topological polar surface area (TPSA) is 92.1 Å². The van der Waals surface area contributed by atoms with E-state index in [2.05, 4.69) is 31.1 Å². The molecule has 1 heterocycles. The highest BCUT2D eigenvalue weighted by molar-refractivity contribution is 7.80. The van der Waals surface area contributed by atoms with Crippen LogP contribution in [-0.2, 0) is 0 Å². The van der Waals surface area contributed by atoms with Crippen molar-refractivity contribution in [3.05, 3.63) is 23.8 Å².